The van der Waals surface area contributed by atoms with Crippen molar-refractivity contribution in [3.05, 3.63) is 0 Å². The van der Waals surface area contributed by atoms with Gasteiger partial charge in [-0.2, -0.15) is 0 Å². The van der Waals surface area contributed by atoms with Gasteiger partial charge in [-0.25, -0.2) is 8.42 Å². The Bertz CT molecular complexity index is 303. The highest BCUT2D eigenvalue weighted by molar-refractivity contribution is 7.91. The number of hydrogen-bond acceptors (Lipinski definition) is 4. The second-order valence-electron chi connectivity index (χ2n) is 4.73. The van der Waals surface area contributed by atoms with Crippen LogP contribution < -0.4 is 5.73 Å². The fourth-order valence-electron chi connectivity index (χ4n) is 2.28. The summed E-state index contributed by atoms with van der Waals surface area (Å²) >= 11 is 0. The zero-order valence-electron chi connectivity index (χ0n) is 10.4. The van der Waals surface area contributed by atoms with E-state index < -0.39 is 9.84 Å². The van der Waals surface area contributed by atoms with Gasteiger partial charge < -0.3 is 10.6 Å². The minimum absolute atomic E-state index is 0.211. The van der Waals surface area contributed by atoms with Crippen molar-refractivity contribution < 1.29 is 8.42 Å². The molecule has 96 valence electrons. The van der Waals surface area contributed by atoms with Gasteiger partial charge in [-0.3, -0.25) is 0 Å². The second-order valence-corrected chi connectivity index (χ2v) is 7.21. The Morgan fingerprint density at radius 1 is 1.31 bits per heavy atom. The minimum Gasteiger partial charge on any atom is -0.326 e. The summed E-state index contributed by atoms with van der Waals surface area (Å²) in [6.45, 7) is 2.30. The van der Waals surface area contributed by atoms with E-state index in [4.69, 9.17) is 5.73 Å². The highest BCUT2D eigenvalue weighted by atomic mass is 32.2. The maximum absolute atomic E-state index is 11.4. The Morgan fingerprint density at radius 3 is 2.50 bits per heavy atom. The molecule has 0 aliphatic heterocycles. The maximum atomic E-state index is 11.4. The van der Waals surface area contributed by atoms with Gasteiger partial charge in [-0.1, -0.05) is 19.8 Å². The van der Waals surface area contributed by atoms with Gasteiger partial charge in [-0.15, -0.1) is 0 Å². The van der Waals surface area contributed by atoms with Gasteiger partial charge in [0.2, 0.25) is 0 Å². The highest BCUT2D eigenvalue weighted by Gasteiger charge is 2.25. The Balaban J connectivity index is 2.42. The van der Waals surface area contributed by atoms with Crippen LogP contribution in [0.2, 0.25) is 0 Å². The Labute approximate surface area is 99.1 Å². The van der Waals surface area contributed by atoms with Crippen molar-refractivity contribution in [3.8, 4) is 0 Å². The topological polar surface area (TPSA) is 63.4 Å². The van der Waals surface area contributed by atoms with E-state index in [9.17, 15) is 8.42 Å². The smallest absolute Gasteiger partial charge is 0.151 e. The molecule has 0 saturated heterocycles. The molecule has 0 radical (unpaired) electrons. The number of likely N-dealkylation sites (N-methyl/N-ethyl adjacent to an activating group) is 1. The lowest BCUT2D eigenvalue weighted by Crippen LogP contribution is -2.49. The van der Waals surface area contributed by atoms with Gasteiger partial charge >= 0.3 is 0 Å². The van der Waals surface area contributed by atoms with Gasteiger partial charge in [0, 0.05) is 24.4 Å². The summed E-state index contributed by atoms with van der Waals surface area (Å²) in [6.07, 6.45) is 4.58. The van der Waals surface area contributed by atoms with E-state index in [0.717, 1.165) is 12.8 Å². The first-order valence-corrected chi connectivity index (χ1v) is 7.94. The van der Waals surface area contributed by atoms with Gasteiger partial charge in [0.25, 0.3) is 0 Å². The minimum atomic E-state index is -2.85. The molecule has 0 bridgehead atoms. The lowest BCUT2D eigenvalue weighted by atomic mass is 9.90. The van der Waals surface area contributed by atoms with Crippen molar-refractivity contribution in [1.82, 2.24) is 4.90 Å². The predicted molar refractivity (Wildman–Crippen MR) is 67.2 cm³/mol. The molecule has 1 aliphatic carbocycles. The molecule has 0 heterocycles. The predicted octanol–water partition coefficient (Wildman–Crippen LogP) is 0.623. The molecule has 1 rings (SSSR count). The Hall–Kier alpha value is -0.130. The standard InChI is InChI=1S/C11H24N2O2S/c1-3-16(14,15)9-8-13(2)11-7-5-4-6-10(11)12/h10-11H,3-9,12H2,1-2H3. The molecule has 0 aromatic heterocycles. The fraction of sp³-hybridized carbons (Fsp3) is 1.00. The van der Waals surface area contributed by atoms with Crippen molar-refractivity contribution >= 4 is 9.84 Å². The van der Waals surface area contributed by atoms with E-state index >= 15 is 0 Å². The molecule has 0 aromatic rings. The van der Waals surface area contributed by atoms with Crippen molar-refractivity contribution in [2.45, 2.75) is 44.7 Å². The van der Waals surface area contributed by atoms with Gasteiger partial charge in [0.15, 0.2) is 9.84 Å². The van der Waals surface area contributed by atoms with Crippen LogP contribution in [0, 0.1) is 0 Å². The average Bonchev–Trinajstić information content (AvgIpc) is 2.27. The van der Waals surface area contributed by atoms with Crippen molar-refractivity contribution in [2.24, 2.45) is 5.73 Å². The third-order valence-corrected chi connectivity index (χ3v) is 5.23. The van der Waals surface area contributed by atoms with Crippen LogP contribution in [0.4, 0.5) is 0 Å². The monoisotopic (exact) mass is 248 g/mol. The van der Waals surface area contributed by atoms with Gasteiger partial charge in [0.05, 0.1) is 5.75 Å². The second kappa shape index (κ2) is 5.98. The summed E-state index contributed by atoms with van der Waals surface area (Å²) in [4.78, 5) is 2.12. The van der Waals surface area contributed by atoms with E-state index in [-0.39, 0.29) is 17.5 Å². The number of nitrogens with zero attached hydrogens (tertiary/aromatic N) is 1. The van der Waals surface area contributed by atoms with Crippen LogP contribution in [-0.4, -0.2) is 50.5 Å². The van der Waals surface area contributed by atoms with Crippen molar-refractivity contribution in [1.29, 1.82) is 0 Å². The molecule has 2 atom stereocenters. The Morgan fingerprint density at radius 2 is 1.94 bits per heavy atom. The molecule has 16 heavy (non-hydrogen) atoms. The number of hydrogen-bond donors (Lipinski definition) is 1. The molecule has 1 aliphatic rings. The van der Waals surface area contributed by atoms with E-state index in [2.05, 4.69) is 4.90 Å². The lowest BCUT2D eigenvalue weighted by molar-refractivity contribution is 0.177. The van der Waals surface area contributed by atoms with Crippen LogP contribution in [-0.2, 0) is 9.84 Å². The van der Waals surface area contributed by atoms with Crippen molar-refractivity contribution in [2.75, 3.05) is 25.1 Å². The molecular weight excluding hydrogens is 224 g/mol. The van der Waals surface area contributed by atoms with E-state index in [1.54, 1.807) is 6.92 Å². The molecule has 1 saturated carbocycles. The number of rotatable bonds is 5. The largest absolute Gasteiger partial charge is 0.326 e. The van der Waals surface area contributed by atoms with Gasteiger partial charge in [-0.05, 0) is 19.9 Å². The summed E-state index contributed by atoms with van der Waals surface area (Å²) in [6, 6.07) is 0.573. The molecule has 0 spiro atoms. The Kier molecular flexibility index (Phi) is 5.21. The van der Waals surface area contributed by atoms with Crippen LogP contribution in [0.1, 0.15) is 32.6 Å². The fourth-order valence-corrected chi connectivity index (χ4v) is 3.14. The lowest BCUT2D eigenvalue weighted by Gasteiger charge is -2.35. The molecule has 4 nitrogen and oxygen atoms in total. The molecule has 2 N–H and O–H groups in total. The van der Waals surface area contributed by atoms with Crippen molar-refractivity contribution in [3.63, 3.8) is 0 Å². The summed E-state index contributed by atoms with van der Waals surface area (Å²) in [5, 5.41) is 0. The van der Waals surface area contributed by atoms with Crippen LogP contribution in [0.25, 0.3) is 0 Å². The summed E-state index contributed by atoms with van der Waals surface area (Å²) in [5.74, 6) is 0.487. The van der Waals surface area contributed by atoms with E-state index in [0.29, 0.717) is 12.6 Å². The molecule has 1 fully saturated rings. The third kappa shape index (κ3) is 4.03. The highest BCUT2D eigenvalue weighted by Crippen LogP contribution is 2.20. The molecule has 0 amide bonds. The normalized spacial score (nSPS) is 27.2. The quantitative estimate of drug-likeness (QED) is 0.775. The average molecular weight is 248 g/mol. The van der Waals surface area contributed by atoms with E-state index in [1.165, 1.54) is 12.8 Å². The first kappa shape index (κ1) is 13.9. The maximum Gasteiger partial charge on any atom is 0.151 e. The summed E-state index contributed by atoms with van der Waals surface area (Å²) in [5.41, 5.74) is 6.06. The molecule has 0 aromatic carbocycles. The van der Waals surface area contributed by atoms with Crippen LogP contribution >= 0.6 is 0 Å². The number of sulfone groups is 1. The van der Waals surface area contributed by atoms with Crippen LogP contribution in [0.3, 0.4) is 0 Å². The molecule has 5 heteroatoms. The first-order chi connectivity index (χ1) is 7.46. The SMILES string of the molecule is CCS(=O)(=O)CCN(C)C1CCCCC1N. The summed E-state index contributed by atoms with van der Waals surface area (Å²) in [7, 11) is -0.866. The molecule has 2 unspecified atom stereocenters. The van der Waals surface area contributed by atoms with Gasteiger partial charge in [0.1, 0.15) is 0 Å². The van der Waals surface area contributed by atoms with Crippen LogP contribution in [0.5, 0.6) is 0 Å². The zero-order chi connectivity index (χ0) is 12.2. The molecular formula is C11H24N2O2S. The summed E-state index contributed by atoms with van der Waals surface area (Å²) < 4.78 is 22.8. The number of nitrogens with two attached hydrogens (primary N) is 1. The van der Waals surface area contributed by atoms with Crippen LogP contribution in [0.15, 0.2) is 0 Å². The zero-order valence-corrected chi connectivity index (χ0v) is 11.2. The first-order valence-electron chi connectivity index (χ1n) is 6.12. The van der Waals surface area contributed by atoms with E-state index in [1.807, 2.05) is 7.05 Å². The third-order valence-electron chi connectivity index (χ3n) is 3.54.